The van der Waals surface area contributed by atoms with E-state index in [9.17, 15) is 13.7 Å². The largest absolute Gasteiger partial charge is 0.454 e. The van der Waals surface area contributed by atoms with Gasteiger partial charge in [-0.3, -0.25) is 0 Å². The fourth-order valence-electron chi connectivity index (χ4n) is 3.51. The fraction of sp³-hybridized carbons (Fsp3) is 0.174. The van der Waals surface area contributed by atoms with Gasteiger partial charge in [0, 0.05) is 23.1 Å². The average Bonchev–Trinajstić information content (AvgIpc) is 3.29. The number of nitrogens with zero attached hydrogens (tertiary/aromatic N) is 2. The Kier molecular flexibility index (Phi) is 4.88. The van der Waals surface area contributed by atoms with Gasteiger partial charge in [-0.1, -0.05) is 17.7 Å². The second kappa shape index (κ2) is 7.39. The van der Waals surface area contributed by atoms with Crippen LogP contribution in [0.4, 0.5) is 0 Å². The molecule has 0 amide bonds. The van der Waals surface area contributed by atoms with Crippen LogP contribution in [0.3, 0.4) is 0 Å². The van der Waals surface area contributed by atoms with Crippen molar-refractivity contribution in [1.29, 1.82) is 5.26 Å². The lowest BCUT2D eigenvalue weighted by Gasteiger charge is -2.10. The Bertz CT molecular complexity index is 1310. The fourth-order valence-corrected chi connectivity index (χ4v) is 4.66. The van der Waals surface area contributed by atoms with E-state index in [1.54, 1.807) is 12.1 Å². The second-order valence-corrected chi connectivity index (χ2v) is 9.05. The van der Waals surface area contributed by atoms with Crippen LogP contribution in [-0.2, 0) is 9.84 Å². The first-order valence-corrected chi connectivity index (χ1v) is 10.8. The molecule has 0 saturated heterocycles. The van der Waals surface area contributed by atoms with Gasteiger partial charge in [-0.2, -0.15) is 5.26 Å². The Balaban J connectivity index is 1.78. The summed E-state index contributed by atoms with van der Waals surface area (Å²) in [5, 5.41) is 9.59. The highest BCUT2D eigenvalue weighted by molar-refractivity contribution is 7.95. The quantitative estimate of drug-likeness (QED) is 0.582. The van der Waals surface area contributed by atoms with Crippen molar-refractivity contribution in [1.82, 2.24) is 4.57 Å². The predicted molar refractivity (Wildman–Crippen MR) is 113 cm³/mol. The van der Waals surface area contributed by atoms with Crippen molar-refractivity contribution in [3.05, 3.63) is 76.0 Å². The van der Waals surface area contributed by atoms with Crippen LogP contribution in [0.2, 0.25) is 0 Å². The van der Waals surface area contributed by atoms with E-state index < -0.39 is 9.84 Å². The van der Waals surface area contributed by atoms with Gasteiger partial charge < -0.3 is 14.0 Å². The summed E-state index contributed by atoms with van der Waals surface area (Å²) in [5.41, 5.74) is 4.20. The van der Waals surface area contributed by atoms with Gasteiger partial charge in [0.15, 0.2) is 11.5 Å². The minimum atomic E-state index is -3.90. The third-order valence-corrected chi connectivity index (χ3v) is 6.78. The van der Waals surface area contributed by atoms with Crippen LogP contribution < -0.4 is 9.47 Å². The first-order chi connectivity index (χ1) is 14.3. The van der Waals surface area contributed by atoms with Crippen LogP contribution >= 0.6 is 0 Å². The molecule has 0 aliphatic carbocycles. The third kappa shape index (κ3) is 3.36. The Morgan fingerprint density at radius 2 is 1.73 bits per heavy atom. The zero-order chi connectivity index (χ0) is 21.5. The summed E-state index contributed by atoms with van der Waals surface area (Å²) >= 11 is 0. The monoisotopic (exact) mass is 420 g/mol. The molecular formula is C23H20N2O4S. The highest BCUT2D eigenvalue weighted by Crippen LogP contribution is 2.35. The van der Waals surface area contributed by atoms with E-state index in [0.29, 0.717) is 17.1 Å². The molecule has 1 aliphatic heterocycles. The number of aromatic nitrogens is 1. The van der Waals surface area contributed by atoms with Crippen LogP contribution in [0.5, 0.6) is 11.5 Å². The molecule has 6 nitrogen and oxygen atoms in total. The van der Waals surface area contributed by atoms with Crippen LogP contribution in [0.1, 0.15) is 22.5 Å². The lowest BCUT2D eigenvalue weighted by Crippen LogP contribution is -2.04. The summed E-state index contributed by atoms with van der Waals surface area (Å²) in [6.45, 7) is 5.88. The molecule has 0 saturated carbocycles. The van der Waals surface area contributed by atoms with E-state index in [4.69, 9.17) is 9.47 Å². The number of aryl methyl sites for hydroxylation is 2. The number of hydrogen-bond donors (Lipinski definition) is 0. The molecule has 0 radical (unpaired) electrons. The van der Waals surface area contributed by atoms with Crippen molar-refractivity contribution >= 4 is 15.9 Å². The number of ether oxygens (including phenoxy) is 2. The third-order valence-electron chi connectivity index (χ3n) is 5.10. The first kappa shape index (κ1) is 19.8. The molecule has 30 heavy (non-hydrogen) atoms. The molecule has 152 valence electrons. The molecule has 0 N–H and O–H groups in total. The van der Waals surface area contributed by atoms with Crippen LogP contribution in [0.15, 0.2) is 58.3 Å². The maximum absolute atomic E-state index is 13.0. The summed E-state index contributed by atoms with van der Waals surface area (Å²) in [6, 6.07) is 15.8. The van der Waals surface area contributed by atoms with Crippen LogP contribution in [-0.4, -0.2) is 19.8 Å². The summed E-state index contributed by atoms with van der Waals surface area (Å²) in [4.78, 5) is -0.192. The van der Waals surface area contributed by atoms with Crippen LogP contribution in [0, 0.1) is 32.1 Å². The van der Waals surface area contributed by atoms with Crippen molar-refractivity contribution in [3.8, 4) is 23.3 Å². The summed E-state index contributed by atoms with van der Waals surface area (Å²) < 4.78 is 38.7. The average molecular weight is 420 g/mol. The number of fused-ring (bicyclic) bond motifs is 1. The lowest BCUT2D eigenvalue weighted by molar-refractivity contribution is 0.174. The molecular weight excluding hydrogens is 400 g/mol. The molecule has 0 fully saturated rings. The van der Waals surface area contributed by atoms with E-state index >= 15 is 0 Å². The number of hydrogen-bond acceptors (Lipinski definition) is 5. The highest BCUT2D eigenvalue weighted by atomic mass is 32.2. The zero-order valence-corrected chi connectivity index (χ0v) is 17.7. The van der Waals surface area contributed by atoms with Crippen molar-refractivity contribution in [2.45, 2.75) is 25.7 Å². The Hall–Kier alpha value is -3.50. The van der Waals surface area contributed by atoms with Gasteiger partial charge in [0.2, 0.25) is 16.6 Å². The number of sulfone groups is 1. The van der Waals surface area contributed by atoms with Crippen LogP contribution in [0.25, 0.3) is 11.8 Å². The predicted octanol–water partition coefficient (Wildman–Crippen LogP) is 4.47. The van der Waals surface area contributed by atoms with Gasteiger partial charge in [0.1, 0.15) is 11.0 Å². The lowest BCUT2D eigenvalue weighted by atomic mass is 10.2. The number of benzene rings is 2. The highest BCUT2D eigenvalue weighted by Gasteiger charge is 2.22. The molecule has 0 bridgehead atoms. The van der Waals surface area contributed by atoms with Gasteiger partial charge >= 0.3 is 0 Å². The van der Waals surface area contributed by atoms with E-state index in [1.165, 1.54) is 18.2 Å². The minimum Gasteiger partial charge on any atom is -0.454 e. The molecule has 0 spiro atoms. The Labute approximate surface area is 175 Å². The normalized spacial score (nSPS) is 13.3. The molecule has 0 atom stereocenters. The Morgan fingerprint density at radius 1 is 1.03 bits per heavy atom. The van der Waals surface area contributed by atoms with E-state index in [1.807, 2.05) is 55.7 Å². The summed E-state index contributed by atoms with van der Waals surface area (Å²) in [5.74, 6) is 1.36. The molecule has 1 aromatic heterocycles. The summed E-state index contributed by atoms with van der Waals surface area (Å²) in [7, 11) is -3.90. The molecule has 7 heteroatoms. The molecule has 1 aliphatic rings. The van der Waals surface area contributed by atoms with Gasteiger partial charge in [-0.25, -0.2) is 8.42 Å². The SMILES string of the molecule is Cc1ccc(S(=O)(=O)/C(C#N)=C/c2cc(C)n(-c3ccc4c(c3)OCO4)c2C)cc1. The number of allylic oxidation sites excluding steroid dienone is 1. The van der Waals surface area contributed by atoms with E-state index in [-0.39, 0.29) is 16.6 Å². The van der Waals surface area contributed by atoms with Gasteiger partial charge in [0.25, 0.3) is 0 Å². The van der Waals surface area contributed by atoms with Crippen molar-refractivity contribution in [3.63, 3.8) is 0 Å². The molecule has 0 unspecified atom stereocenters. The maximum atomic E-state index is 13.0. The van der Waals surface area contributed by atoms with Gasteiger partial charge in [-0.05, 0) is 62.7 Å². The topological polar surface area (TPSA) is 81.3 Å². The number of rotatable bonds is 4. The van der Waals surface area contributed by atoms with Gasteiger partial charge in [0.05, 0.1) is 4.90 Å². The zero-order valence-electron chi connectivity index (χ0n) is 16.8. The van der Waals surface area contributed by atoms with E-state index in [0.717, 1.165) is 22.6 Å². The van der Waals surface area contributed by atoms with E-state index in [2.05, 4.69) is 0 Å². The van der Waals surface area contributed by atoms with Crippen molar-refractivity contribution < 1.29 is 17.9 Å². The molecule has 2 aromatic carbocycles. The van der Waals surface area contributed by atoms with Crippen molar-refractivity contribution in [2.24, 2.45) is 0 Å². The number of nitriles is 1. The smallest absolute Gasteiger partial charge is 0.231 e. The molecule has 3 aromatic rings. The molecule has 2 heterocycles. The Morgan fingerprint density at radius 3 is 2.43 bits per heavy atom. The van der Waals surface area contributed by atoms with Gasteiger partial charge in [-0.15, -0.1) is 0 Å². The maximum Gasteiger partial charge on any atom is 0.231 e. The molecule has 4 rings (SSSR count). The first-order valence-electron chi connectivity index (χ1n) is 9.34. The standard InChI is InChI=1S/C23H20N2O4S/c1-15-4-7-20(8-5-15)30(26,27)21(13-24)11-18-10-16(2)25(17(18)3)19-6-9-22-23(12-19)29-14-28-22/h4-12H,14H2,1-3H3/b21-11+. The minimum absolute atomic E-state index is 0.102. The summed E-state index contributed by atoms with van der Waals surface area (Å²) in [6.07, 6.45) is 1.43. The van der Waals surface area contributed by atoms with Crippen molar-refractivity contribution in [2.75, 3.05) is 6.79 Å². The second-order valence-electron chi connectivity index (χ2n) is 7.14.